The number of unbranched alkanes of at least 4 members (excludes halogenated alkanes) is 1. The van der Waals surface area contributed by atoms with Gasteiger partial charge in [0.15, 0.2) is 0 Å². The monoisotopic (exact) mass is 268 g/mol. The summed E-state index contributed by atoms with van der Waals surface area (Å²) in [5.74, 6) is 0.320. The van der Waals surface area contributed by atoms with Gasteiger partial charge in [0.25, 0.3) is 5.69 Å². The third-order valence-corrected chi connectivity index (χ3v) is 2.53. The van der Waals surface area contributed by atoms with Crippen LogP contribution in [0.5, 0.6) is 5.75 Å². The lowest BCUT2D eigenvalue weighted by Crippen LogP contribution is -2.20. The maximum atomic E-state index is 10.7. The minimum absolute atomic E-state index is 0.0386. The Morgan fingerprint density at radius 1 is 1.47 bits per heavy atom. The second-order valence-corrected chi connectivity index (χ2v) is 4.34. The summed E-state index contributed by atoms with van der Waals surface area (Å²) in [5.41, 5.74) is 6.07. The van der Waals surface area contributed by atoms with Crippen molar-refractivity contribution in [1.82, 2.24) is 0 Å². The fourth-order valence-corrected chi connectivity index (χ4v) is 1.49. The number of benzene rings is 1. The first-order chi connectivity index (χ1) is 9.04. The Hall–Kier alpha value is -1.82. The molecule has 1 rings (SSSR count). The Morgan fingerprint density at radius 2 is 2.21 bits per heavy atom. The fourth-order valence-electron chi connectivity index (χ4n) is 1.49. The molecule has 0 amide bonds. The van der Waals surface area contributed by atoms with Crippen LogP contribution in [0, 0.1) is 10.1 Å². The van der Waals surface area contributed by atoms with E-state index in [0.717, 1.165) is 12.8 Å². The Bertz CT molecular complexity index is 423. The summed E-state index contributed by atoms with van der Waals surface area (Å²) >= 11 is 0. The highest BCUT2D eigenvalue weighted by atomic mass is 16.6. The molecule has 2 N–H and O–H groups in total. The number of nitrogens with zero attached hydrogens (tertiary/aromatic N) is 1. The molecular weight excluding hydrogens is 248 g/mol. The second kappa shape index (κ2) is 7.58. The van der Waals surface area contributed by atoms with Crippen molar-refractivity contribution in [3.8, 4) is 5.75 Å². The Kier molecular flexibility index (Phi) is 6.08. The van der Waals surface area contributed by atoms with Crippen molar-refractivity contribution in [3.05, 3.63) is 28.3 Å². The smallest absolute Gasteiger partial charge is 0.273 e. The Labute approximate surface area is 112 Å². The highest BCUT2D eigenvalue weighted by Gasteiger charge is 2.12. The third-order valence-electron chi connectivity index (χ3n) is 2.53. The van der Waals surface area contributed by atoms with Crippen molar-refractivity contribution in [3.63, 3.8) is 0 Å². The minimum atomic E-state index is -0.477. The van der Waals surface area contributed by atoms with Crippen LogP contribution in [0.25, 0.3) is 0 Å². The van der Waals surface area contributed by atoms with Crippen molar-refractivity contribution in [2.45, 2.75) is 32.8 Å². The van der Waals surface area contributed by atoms with Crippen LogP contribution in [0.15, 0.2) is 18.2 Å². The van der Waals surface area contributed by atoms with E-state index >= 15 is 0 Å². The van der Waals surface area contributed by atoms with Crippen LogP contribution in [-0.4, -0.2) is 24.2 Å². The van der Waals surface area contributed by atoms with E-state index in [9.17, 15) is 10.1 Å². The van der Waals surface area contributed by atoms with E-state index < -0.39 is 4.92 Å². The lowest BCUT2D eigenvalue weighted by molar-refractivity contribution is -0.384. The number of nitro groups is 1. The van der Waals surface area contributed by atoms with Gasteiger partial charge in [0.05, 0.1) is 23.3 Å². The number of non-ortho nitro benzene ring substituents is 1. The van der Waals surface area contributed by atoms with Gasteiger partial charge >= 0.3 is 0 Å². The topological polar surface area (TPSA) is 87.6 Å². The Morgan fingerprint density at radius 3 is 2.84 bits per heavy atom. The summed E-state index contributed by atoms with van der Waals surface area (Å²) in [6, 6.07) is 4.15. The molecule has 0 heterocycles. The van der Waals surface area contributed by atoms with Crippen LogP contribution in [-0.2, 0) is 4.74 Å². The summed E-state index contributed by atoms with van der Waals surface area (Å²) in [4.78, 5) is 10.2. The molecule has 0 aliphatic carbocycles. The molecule has 6 heteroatoms. The average molecular weight is 268 g/mol. The normalized spacial score (nSPS) is 12.1. The van der Waals surface area contributed by atoms with Crippen LogP contribution in [0.1, 0.15) is 26.7 Å². The number of rotatable bonds is 8. The molecular formula is C13H20N2O4. The molecule has 0 bridgehead atoms. The molecule has 6 nitrogen and oxygen atoms in total. The molecule has 0 radical (unpaired) electrons. The zero-order valence-electron chi connectivity index (χ0n) is 11.3. The summed E-state index contributed by atoms with van der Waals surface area (Å²) < 4.78 is 11.0. The third kappa shape index (κ3) is 5.13. The predicted octanol–water partition coefficient (Wildman–Crippen LogP) is 2.76. The number of nitrogens with two attached hydrogens (primary N) is 1. The number of hydrogen-bond donors (Lipinski definition) is 1. The standard InChI is InChI=1S/C13H20N2O4/c1-3-4-7-18-9-10(2)19-13-8-11(15(16)17)5-6-12(13)14/h5-6,8,10H,3-4,7,9,14H2,1-2H3. The number of ether oxygens (including phenoxy) is 2. The minimum Gasteiger partial charge on any atom is -0.486 e. The van der Waals surface area contributed by atoms with Crippen LogP contribution >= 0.6 is 0 Å². The number of nitro benzene ring substituents is 1. The van der Waals surface area contributed by atoms with Gasteiger partial charge in [-0.05, 0) is 19.4 Å². The van der Waals surface area contributed by atoms with Gasteiger partial charge in [-0.25, -0.2) is 0 Å². The zero-order chi connectivity index (χ0) is 14.3. The Balaban J connectivity index is 2.55. The number of nitrogen functional groups attached to an aromatic ring is 1. The van der Waals surface area contributed by atoms with E-state index in [1.807, 2.05) is 6.92 Å². The quantitative estimate of drug-likeness (QED) is 0.339. The molecule has 0 aliphatic rings. The van der Waals surface area contributed by atoms with E-state index in [0.29, 0.717) is 24.7 Å². The molecule has 1 aromatic carbocycles. The summed E-state index contributed by atoms with van der Waals surface area (Å²) in [7, 11) is 0. The predicted molar refractivity (Wildman–Crippen MR) is 73.3 cm³/mol. The van der Waals surface area contributed by atoms with Crippen LogP contribution < -0.4 is 10.5 Å². The van der Waals surface area contributed by atoms with E-state index in [1.54, 1.807) is 0 Å². The van der Waals surface area contributed by atoms with Gasteiger partial charge in [-0.1, -0.05) is 13.3 Å². The molecule has 1 atom stereocenters. The van der Waals surface area contributed by atoms with Gasteiger partial charge in [0.1, 0.15) is 11.9 Å². The molecule has 106 valence electrons. The van der Waals surface area contributed by atoms with Gasteiger partial charge in [-0.2, -0.15) is 0 Å². The molecule has 0 aliphatic heterocycles. The maximum Gasteiger partial charge on any atom is 0.273 e. The van der Waals surface area contributed by atoms with E-state index in [2.05, 4.69) is 6.92 Å². The van der Waals surface area contributed by atoms with Crippen molar-refractivity contribution in [1.29, 1.82) is 0 Å². The van der Waals surface area contributed by atoms with Gasteiger partial charge in [-0.3, -0.25) is 10.1 Å². The number of anilines is 1. The molecule has 1 aromatic rings. The highest BCUT2D eigenvalue weighted by Crippen LogP contribution is 2.27. The van der Waals surface area contributed by atoms with Gasteiger partial charge in [-0.15, -0.1) is 0 Å². The first-order valence-corrected chi connectivity index (χ1v) is 6.33. The lowest BCUT2D eigenvalue weighted by atomic mass is 10.2. The largest absolute Gasteiger partial charge is 0.486 e. The zero-order valence-corrected chi connectivity index (χ0v) is 11.3. The maximum absolute atomic E-state index is 10.7. The fraction of sp³-hybridized carbons (Fsp3) is 0.538. The molecule has 0 aromatic heterocycles. The van der Waals surface area contributed by atoms with Crippen molar-refractivity contribution in [2.75, 3.05) is 18.9 Å². The van der Waals surface area contributed by atoms with E-state index in [1.165, 1.54) is 18.2 Å². The molecule has 0 fully saturated rings. The van der Waals surface area contributed by atoms with Gasteiger partial charge in [0, 0.05) is 12.7 Å². The highest BCUT2D eigenvalue weighted by molar-refractivity contribution is 5.57. The van der Waals surface area contributed by atoms with Crippen molar-refractivity contribution >= 4 is 11.4 Å². The van der Waals surface area contributed by atoms with E-state index in [4.69, 9.17) is 15.2 Å². The second-order valence-electron chi connectivity index (χ2n) is 4.34. The SMILES string of the molecule is CCCCOCC(C)Oc1cc([N+](=O)[O-])ccc1N. The summed E-state index contributed by atoms with van der Waals surface area (Å²) in [6.45, 7) is 5.05. The molecule has 1 unspecified atom stereocenters. The molecule has 0 spiro atoms. The van der Waals surface area contributed by atoms with E-state index in [-0.39, 0.29) is 11.8 Å². The first kappa shape index (κ1) is 15.2. The molecule has 19 heavy (non-hydrogen) atoms. The first-order valence-electron chi connectivity index (χ1n) is 6.33. The van der Waals surface area contributed by atoms with Crippen LogP contribution in [0.4, 0.5) is 11.4 Å². The lowest BCUT2D eigenvalue weighted by Gasteiger charge is -2.16. The van der Waals surface area contributed by atoms with Crippen molar-refractivity contribution in [2.24, 2.45) is 0 Å². The number of hydrogen-bond acceptors (Lipinski definition) is 5. The van der Waals surface area contributed by atoms with Crippen LogP contribution in [0.2, 0.25) is 0 Å². The van der Waals surface area contributed by atoms with Gasteiger partial charge < -0.3 is 15.2 Å². The van der Waals surface area contributed by atoms with Gasteiger partial charge in [0.2, 0.25) is 0 Å². The molecule has 0 saturated heterocycles. The average Bonchev–Trinajstić information content (AvgIpc) is 2.37. The van der Waals surface area contributed by atoms with Crippen molar-refractivity contribution < 1.29 is 14.4 Å². The summed E-state index contributed by atoms with van der Waals surface area (Å²) in [6.07, 6.45) is 1.87. The summed E-state index contributed by atoms with van der Waals surface area (Å²) in [5, 5.41) is 10.7. The van der Waals surface area contributed by atoms with Crippen LogP contribution in [0.3, 0.4) is 0 Å². The molecule has 0 saturated carbocycles.